The number of hydrogen-bond donors (Lipinski definition) is 1. The second-order valence-electron chi connectivity index (χ2n) is 3.98. The molecular weight excluding hydrogens is 243 g/mol. The molecule has 0 heterocycles. The number of anilines is 1. The first kappa shape index (κ1) is 12.9. The highest BCUT2D eigenvalue weighted by Gasteiger charge is 2.07. The van der Waals surface area contributed by atoms with Crippen molar-refractivity contribution >= 4 is 5.69 Å². The van der Waals surface area contributed by atoms with Gasteiger partial charge in [-0.15, -0.1) is 0 Å². The predicted octanol–water partition coefficient (Wildman–Crippen LogP) is 3.32. The number of ether oxygens (including phenoxy) is 1. The van der Waals surface area contributed by atoms with Crippen LogP contribution in [0.5, 0.6) is 5.75 Å². The first-order valence-corrected chi connectivity index (χ1v) is 5.80. The Morgan fingerprint density at radius 1 is 1.26 bits per heavy atom. The molecule has 0 aliphatic carbocycles. The monoisotopic (exact) mass is 256 g/mol. The summed E-state index contributed by atoms with van der Waals surface area (Å²) in [5, 5.41) is 11.9. The van der Waals surface area contributed by atoms with Crippen LogP contribution in [-0.4, -0.2) is 7.11 Å². The van der Waals surface area contributed by atoms with Gasteiger partial charge in [-0.05, 0) is 18.2 Å². The number of hydrogen-bond acceptors (Lipinski definition) is 3. The van der Waals surface area contributed by atoms with Gasteiger partial charge in [-0.25, -0.2) is 4.39 Å². The number of methoxy groups -OCH3 is 1. The topological polar surface area (TPSA) is 45.0 Å². The molecule has 0 unspecified atom stereocenters. The average molecular weight is 256 g/mol. The molecule has 2 aromatic carbocycles. The second kappa shape index (κ2) is 5.87. The molecule has 0 aromatic heterocycles. The predicted molar refractivity (Wildman–Crippen MR) is 71.4 cm³/mol. The summed E-state index contributed by atoms with van der Waals surface area (Å²) in [6, 6.07) is 14.0. The van der Waals surface area contributed by atoms with Crippen molar-refractivity contribution in [2.45, 2.75) is 6.54 Å². The normalized spacial score (nSPS) is 9.74. The molecule has 0 amide bonds. The van der Waals surface area contributed by atoms with Crippen LogP contribution in [0.15, 0.2) is 42.5 Å². The van der Waals surface area contributed by atoms with E-state index in [1.165, 1.54) is 6.07 Å². The molecule has 0 radical (unpaired) electrons. The summed E-state index contributed by atoms with van der Waals surface area (Å²) >= 11 is 0. The Bertz CT molecular complexity index is 620. The number of benzene rings is 2. The fourth-order valence-corrected chi connectivity index (χ4v) is 1.73. The summed E-state index contributed by atoms with van der Waals surface area (Å²) in [4.78, 5) is 0. The lowest BCUT2D eigenvalue weighted by Gasteiger charge is -2.09. The van der Waals surface area contributed by atoms with E-state index in [4.69, 9.17) is 10.00 Å². The first-order valence-electron chi connectivity index (χ1n) is 5.80. The van der Waals surface area contributed by atoms with Gasteiger partial charge >= 0.3 is 0 Å². The van der Waals surface area contributed by atoms with Crippen LogP contribution in [-0.2, 0) is 6.54 Å². The summed E-state index contributed by atoms with van der Waals surface area (Å²) in [6.45, 7) is 0.314. The second-order valence-corrected chi connectivity index (χ2v) is 3.98. The average Bonchev–Trinajstić information content (AvgIpc) is 2.46. The van der Waals surface area contributed by atoms with Crippen LogP contribution in [0.4, 0.5) is 10.1 Å². The molecule has 3 nitrogen and oxygen atoms in total. The lowest BCUT2D eigenvalue weighted by atomic mass is 10.1. The minimum Gasteiger partial charge on any atom is -0.497 e. The third kappa shape index (κ3) is 3.02. The zero-order valence-corrected chi connectivity index (χ0v) is 10.5. The van der Waals surface area contributed by atoms with Gasteiger partial charge in [0.2, 0.25) is 0 Å². The Kier molecular flexibility index (Phi) is 3.99. The molecular formula is C15H13FN2O. The molecule has 0 aliphatic heterocycles. The Morgan fingerprint density at radius 2 is 2.05 bits per heavy atom. The highest BCUT2D eigenvalue weighted by molar-refractivity contribution is 5.49. The van der Waals surface area contributed by atoms with E-state index < -0.39 is 5.82 Å². The number of halogens is 1. The van der Waals surface area contributed by atoms with Crippen molar-refractivity contribution in [3.05, 3.63) is 59.4 Å². The van der Waals surface area contributed by atoms with Gasteiger partial charge in [0.25, 0.3) is 0 Å². The molecule has 2 aromatic rings. The van der Waals surface area contributed by atoms with E-state index in [1.54, 1.807) is 19.2 Å². The Balaban J connectivity index is 2.12. The van der Waals surface area contributed by atoms with Crippen molar-refractivity contribution in [3.8, 4) is 11.8 Å². The van der Waals surface area contributed by atoms with Crippen molar-refractivity contribution in [1.82, 2.24) is 0 Å². The zero-order valence-electron chi connectivity index (χ0n) is 10.5. The maximum atomic E-state index is 13.8. The number of nitrogens with one attached hydrogen (secondary N) is 1. The van der Waals surface area contributed by atoms with Crippen LogP contribution in [0.2, 0.25) is 0 Å². The molecule has 96 valence electrons. The molecule has 0 aliphatic rings. The molecule has 0 saturated heterocycles. The Morgan fingerprint density at radius 3 is 2.79 bits per heavy atom. The fourth-order valence-electron chi connectivity index (χ4n) is 1.73. The van der Waals surface area contributed by atoms with E-state index in [0.717, 1.165) is 11.4 Å². The third-order valence-corrected chi connectivity index (χ3v) is 2.75. The molecule has 0 bridgehead atoms. The SMILES string of the molecule is COc1cccc(NCc2cccc(C#N)c2F)c1. The van der Waals surface area contributed by atoms with Gasteiger partial charge in [0, 0.05) is 23.9 Å². The summed E-state index contributed by atoms with van der Waals surface area (Å²) in [7, 11) is 1.59. The number of nitriles is 1. The van der Waals surface area contributed by atoms with Crippen LogP contribution < -0.4 is 10.1 Å². The fraction of sp³-hybridized carbons (Fsp3) is 0.133. The van der Waals surface area contributed by atoms with Crippen LogP contribution in [0, 0.1) is 17.1 Å². The van der Waals surface area contributed by atoms with Gasteiger partial charge in [-0.3, -0.25) is 0 Å². The smallest absolute Gasteiger partial charge is 0.145 e. The standard InChI is InChI=1S/C15H13FN2O/c1-19-14-7-3-6-13(8-14)18-10-12-5-2-4-11(9-17)15(12)16/h2-8,18H,10H2,1H3. The summed E-state index contributed by atoms with van der Waals surface area (Å²) < 4.78 is 18.9. The number of nitrogens with zero attached hydrogens (tertiary/aromatic N) is 1. The minimum absolute atomic E-state index is 0.0601. The first-order chi connectivity index (χ1) is 9.24. The highest BCUT2D eigenvalue weighted by atomic mass is 19.1. The van der Waals surface area contributed by atoms with Crippen LogP contribution in [0.3, 0.4) is 0 Å². The minimum atomic E-state index is -0.472. The van der Waals surface area contributed by atoms with E-state index >= 15 is 0 Å². The Labute approximate surface area is 111 Å². The van der Waals surface area contributed by atoms with Gasteiger partial charge in [-0.1, -0.05) is 18.2 Å². The zero-order chi connectivity index (χ0) is 13.7. The quantitative estimate of drug-likeness (QED) is 0.912. The van der Waals surface area contributed by atoms with E-state index in [2.05, 4.69) is 5.32 Å². The summed E-state index contributed by atoms with van der Waals surface area (Å²) in [6.07, 6.45) is 0. The summed E-state index contributed by atoms with van der Waals surface area (Å²) in [5.41, 5.74) is 1.35. The van der Waals surface area contributed by atoms with Crippen molar-refractivity contribution in [2.24, 2.45) is 0 Å². The maximum Gasteiger partial charge on any atom is 0.145 e. The molecule has 4 heteroatoms. The van der Waals surface area contributed by atoms with Crippen molar-refractivity contribution in [1.29, 1.82) is 5.26 Å². The van der Waals surface area contributed by atoms with E-state index in [9.17, 15) is 4.39 Å². The highest BCUT2D eigenvalue weighted by Crippen LogP contribution is 2.18. The van der Waals surface area contributed by atoms with Gasteiger partial charge < -0.3 is 10.1 Å². The van der Waals surface area contributed by atoms with E-state index in [1.807, 2.05) is 30.3 Å². The molecule has 1 N–H and O–H groups in total. The van der Waals surface area contributed by atoms with Crippen LogP contribution >= 0.6 is 0 Å². The molecule has 2 rings (SSSR count). The molecule has 19 heavy (non-hydrogen) atoms. The molecule has 0 saturated carbocycles. The van der Waals surface area contributed by atoms with Crippen molar-refractivity contribution in [3.63, 3.8) is 0 Å². The molecule has 0 fully saturated rings. The lowest BCUT2D eigenvalue weighted by molar-refractivity contribution is 0.415. The summed E-state index contributed by atoms with van der Waals surface area (Å²) in [5.74, 6) is 0.261. The number of rotatable bonds is 4. The van der Waals surface area contributed by atoms with Gasteiger partial charge in [-0.2, -0.15) is 5.26 Å². The van der Waals surface area contributed by atoms with E-state index in [-0.39, 0.29) is 5.56 Å². The Hall–Kier alpha value is -2.54. The van der Waals surface area contributed by atoms with Crippen molar-refractivity contribution < 1.29 is 9.13 Å². The van der Waals surface area contributed by atoms with Gasteiger partial charge in [0.1, 0.15) is 17.6 Å². The lowest BCUT2D eigenvalue weighted by Crippen LogP contribution is -2.03. The van der Waals surface area contributed by atoms with E-state index in [0.29, 0.717) is 12.1 Å². The van der Waals surface area contributed by atoms with Crippen molar-refractivity contribution in [2.75, 3.05) is 12.4 Å². The third-order valence-electron chi connectivity index (χ3n) is 2.75. The van der Waals surface area contributed by atoms with Gasteiger partial charge in [0.05, 0.1) is 12.7 Å². The maximum absolute atomic E-state index is 13.8. The largest absolute Gasteiger partial charge is 0.497 e. The molecule has 0 spiro atoms. The molecule has 0 atom stereocenters. The van der Waals surface area contributed by atoms with Gasteiger partial charge in [0.15, 0.2) is 0 Å². The van der Waals surface area contributed by atoms with Crippen LogP contribution in [0.1, 0.15) is 11.1 Å². The van der Waals surface area contributed by atoms with Crippen LogP contribution in [0.25, 0.3) is 0 Å².